The van der Waals surface area contributed by atoms with Gasteiger partial charge in [0.2, 0.25) is 11.8 Å². The molecule has 1 aliphatic rings. The number of amides is 1. The molecule has 1 aromatic carbocycles. The van der Waals surface area contributed by atoms with Crippen LogP contribution in [0.4, 0.5) is 0 Å². The van der Waals surface area contributed by atoms with Crippen molar-refractivity contribution < 1.29 is 9.53 Å². The van der Waals surface area contributed by atoms with E-state index in [-0.39, 0.29) is 11.8 Å². The predicted octanol–water partition coefficient (Wildman–Crippen LogP) is 2.24. The number of likely N-dealkylation sites (tertiary alicyclic amines) is 1. The van der Waals surface area contributed by atoms with E-state index in [1.807, 2.05) is 31.2 Å². The third kappa shape index (κ3) is 4.08. The Balaban J connectivity index is 1.70. The molecule has 126 valence electrons. The number of nitrogens with zero attached hydrogens (tertiary/aromatic N) is 3. The SMILES string of the molecule is Cc1ccc(Oc2nccnc2C2CCN(CC(N)=O)CC2)cc1. The van der Waals surface area contributed by atoms with Crippen molar-refractivity contribution in [3.8, 4) is 11.6 Å². The van der Waals surface area contributed by atoms with Gasteiger partial charge in [-0.25, -0.2) is 4.98 Å². The molecule has 2 heterocycles. The van der Waals surface area contributed by atoms with Crippen LogP contribution in [0.25, 0.3) is 0 Å². The summed E-state index contributed by atoms with van der Waals surface area (Å²) in [6.45, 7) is 4.01. The third-order valence-electron chi connectivity index (χ3n) is 4.28. The van der Waals surface area contributed by atoms with Crippen molar-refractivity contribution in [2.75, 3.05) is 19.6 Å². The monoisotopic (exact) mass is 326 g/mol. The molecule has 1 aromatic heterocycles. The van der Waals surface area contributed by atoms with Gasteiger partial charge in [0, 0.05) is 18.3 Å². The van der Waals surface area contributed by atoms with E-state index < -0.39 is 0 Å². The van der Waals surface area contributed by atoms with Gasteiger partial charge in [0.05, 0.1) is 6.54 Å². The van der Waals surface area contributed by atoms with E-state index in [1.165, 1.54) is 5.56 Å². The van der Waals surface area contributed by atoms with Crippen molar-refractivity contribution in [3.63, 3.8) is 0 Å². The van der Waals surface area contributed by atoms with E-state index in [4.69, 9.17) is 10.5 Å². The quantitative estimate of drug-likeness (QED) is 0.911. The van der Waals surface area contributed by atoms with E-state index in [9.17, 15) is 4.79 Å². The fourth-order valence-electron chi connectivity index (χ4n) is 3.00. The molecular formula is C18H22N4O2. The van der Waals surface area contributed by atoms with E-state index in [0.717, 1.165) is 37.4 Å². The molecule has 3 rings (SSSR count). The molecule has 0 bridgehead atoms. The maximum absolute atomic E-state index is 11.0. The fraction of sp³-hybridized carbons (Fsp3) is 0.389. The molecule has 2 N–H and O–H groups in total. The van der Waals surface area contributed by atoms with Gasteiger partial charge >= 0.3 is 0 Å². The molecule has 1 aliphatic heterocycles. The van der Waals surface area contributed by atoms with Crippen molar-refractivity contribution in [1.29, 1.82) is 0 Å². The predicted molar refractivity (Wildman–Crippen MR) is 90.9 cm³/mol. The molecule has 6 nitrogen and oxygen atoms in total. The highest BCUT2D eigenvalue weighted by molar-refractivity contribution is 5.75. The normalized spacial score (nSPS) is 16.0. The molecule has 6 heteroatoms. The molecule has 0 unspecified atom stereocenters. The lowest BCUT2D eigenvalue weighted by atomic mass is 9.93. The van der Waals surface area contributed by atoms with Crippen LogP contribution in [-0.4, -0.2) is 40.4 Å². The number of ether oxygens (including phenoxy) is 1. The minimum Gasteiger partial charge on any atom is -0.437 e. The number of benzene rings is 1. The number of hydrogen-bond acceptors (Lipinski definition) is 5. The zero-order valence-electron chi connectivity index (χ0n) is 13.8. The van der Waals surface area contributed by atoms with Gasteiger partial charge in [-0.3, -0.25) is 14.7 Å². The molecule has 0 saturated carbocycles. The van der Waals surface area contributed by atoms with Gasteiger partial charge in [-0.05, 0) is 45.0 Å². The van der Waals surface area contributed by atoms with Gasteiger partial charge in [0.1, 0.15) is 11.4 Å². The Hall–Kier alpha value is -2.47. The number of piperidine rings is 1. The summed E-state index contributed by atoms with van der Waals surface area (Å²) in [6.07, 6.45) is 5.18. The number of carbonyl (C=O) groups excluding carboxylic acids is 1. The summed E-state index contributed by atoms with van der Waals surface area (Å²) >= 11 is 0. The molecule has 0 aliphatic carbocycles. The second-order valence-corrected chi connectivity index (χ2v) is 6.18. The Labute approximate surface area is 141 Å². The highest BCUT2D eigenvalue weighted by Crippen LogP contribution is 2.33. The molecule has 1 amide bonds. The zero-order valence-corrected chi connectivity index (χ0v) is 13.8. The van der Waals surface area contributed by atoms with E-state index in [2.05, 4.69) is 14.9 Å². The first kappa shape index (κ1) is 16.4. The molecular weight excluding hydrogens is 304 g/mol. The average molecular weight is 326 g/mol. The second kappa shape index (κ2) is 7.40. The van der Waals surface area contributed by atoms with Crippen molar-refractivity contribution in [3.05, 3.63) is 47.9 Å². The smallest absolute Gasteiger partial charge is 0.241 e. The maximum atomic E-state index is 11.0. The number of hydrogen-bond donors (Lipinski definition) is 1. The van der Waals surface area contributed by atoms with Gasteiger partial charge in [-0.2, -0.15) is 0 Å². The fourth-order valence-corrected chi connectivity index (χ4v) is 3.00. The Morgan fingerprint density at radius 1 is 1.21 bits per heavy atom. The number of nitrogens with two attached hydrogens (primary N) is 1. The van der Waals surface area contributed by atoms with Crippen LogP contribution in [-0.2, 0) is 4.79 Å². The Morgan fingerprint density at radius 3 is 2.54 bits per heavy atom. The summed E-state index contributed by atoms with van der Waals surface area (Å²) in [5.41, 5.74) is 7.34. The summed E-state index contributed by atoms with van der Waals surface area (Å²) in [6, 6.07) is 7.88. The third-order valence-corrected chi connectivity index (χ3v) is 4.28. The van der Waals surface area contributed by atoms with Gasteiger partial charge in [0.15, 0.2) is 0 Å². The largest absolute Gasteiger partial charge is 0.437 e. The molecule has 0 spiro atoms. The molecule has 24 heavy (non-hydrogen) atoms. The summed E-state index contributed by atoms with van der Waals surface area (Å²) in [7, 11) is 0. The first-order valence-electron chi connectivity index (χ1n) is 8.18. The lowest BCUT2D eigenvalue weighted by Gasteiger charge is -2.30. The van der Waals surface area contributed by atoms with Crippen LogP contribution in [0.1, 0.15) is 30.0 Å². The van der Waals surface area contributed by atoms with Gasteiger partial charge in [-0.15, -0.1) is 0 Å². The van der Waals surface area contributed by atoms with Crippen LogP contribution in [0.2, 0.25) is 0 Å². The Kier molecular flexibility index (Phi) is 5.05. The topological polar surface area (TPSA) is 81.3 Å². The van der Waals surface area contributed by atoms with Crippen LogP contribution in [0, 0.1) is 6.92 Å². The lowest BCUT2D eigenvalue weighted by molar-refractivity contribution is -0.119. The number of rotatable bonds is 5. The molecule has 0 radical (unpaired) electrons. The molecule has 2 aromatic rings. The van der Waals surface area contributed by atoms with Crippen molar-refractivity contribution >= 4 is 5.91 Å². The van der Waals surface area contributed by atoms with Gasteiger partial charge in [0.25, 0.3) is 0 Å². The van der Waals surface area contributed by atoms with E-state index in [0.29, 0.717) is 12.4 Å². The van der Waals surface area contributed by atoms with Crippen molar-refractivity contribution in [2.24, 2.45) is 5.73 Å². The van der Waals surface area contributed by atoms with Crippen molar-refractivity contribution in [1.82, 2.24) is 14.9 Å². The number of aryl methyl sites for hydroxylation is 1. The Bertz CT molecular complexity index is 694. The minimum absolute atomic E-state index is 0.281. The first-order chi connectivity index (χ1) is 11.6. The second-order valence-electron chi connectivity index (χ2n) is 6.18. The van der Waals surface area contributed by atoms with Gasteiger partial charge in [-0.1, -0.05) is 17.7 Å². The standard InChI is InChI=1S/C18H22N4O2/c1-13-2-4-15(5-3-13)24-18-17(20-8-9-21-18)14-6-10-22(11-7-14)12-16(19)23/h2-5,8-9,14H,6-7,10-12H2,1H3,(H2,19,23). The van der Waals surface area contributed by atoms with Crippen molar-refractivity contribution in [2.45, 2.75) is 25.7 Å². The first-order valence-corrected chi connectivity index (χ1v) is 8.18. The number of aromatic nitrogens is 2. The summed E-state index contributed by atoms with van der Waals surface area (Å²) in [5, 5.41) is 0. The highest BCUT2D eigenvalue weighted by Gasteiger charge is 2.25. The zero-order chi connectivity index (χ0) is 16.9. The van der Waals surface area contributed by atoms with E-state index in [1.54, 1.807) is 12.4 Å². The molecule has 1 fully saturated rings. The maximum Gasteiger partial charge on any atom is 0.241 e. The summed E-state index contributed by atoms with van der Waals surface area (Å²) < 4.78 is 5.95. The summed E-state index contributed by atoms with van der Waals surface area (Å²) in [5.74, 6) is 1.32. The van der Waals surface area contributed by atoms with Crippen LogP contribution < -0.4 is 10.5 Å². The average Bonchev–Trinajstić information content (AvgIpc) is 2.58. The van der Waals surface area contributed by atoms with Crippen LogP contribution in [0.3, 0.4) is 0 Å². The van der Waals surface area contributed by atoms with Gasteiger partial charge < -0.3 is 10.5 Å². The highest BCUT2D eigenvalue weighted by atomic mass is 16.5. The number of carbonyl (C=O) groups is 1. The number of primary amides is 1. The summed E-state index contributed by atoms with van der Waals surface area (Å²) in [4.78, 5) is 22.0. The van der Waals surface area contributed by atoms with Crippen LogP contribution >= 0.6 is 0 Å². The van der Waals surface area contributed by atoms with Crippen LogP contribution in [0.15, 0.2) is 36.7 Å². The van der Waals surface area contributed by atoms with Crippen LogP contribution in [0.5, 0.6) is 11.6 Å². The molecule has 1 saturated heterocycles. The Morgan fingerprint density at radius 2 is 1.88 bits per heavy atom. The minimum atomic E-state index is -0.281. The molecule has 0 atom stereocenters. The lowest BCUT2D eigenvalue weighted by Crippen LogP contribution is -2.39. The van der Waals surface area contributed by atoms with E-state index >= 15 is 0 Å².